The fourth-order valence-electron chi connectivity index (χ4n) is 1.83. The molecule has 0 aliphatic heterocycles. The molecule has 0 heterocycles. The van der Waals surface area contributed by atoms with Gasteiger partial charge >= 0.3 is 0 Å². The molecule has 0 aliphatic rings. The van der Waals surface area contributed by atoms with Crippen molar-refractivity contribution in [3.63, 3.8) is 0 Å². The largest absolute Gasteiger partial charge is 0.457 e. The smallest absolute Gasteiger partial charge is 0.273 e. The maximum absolute atomic E-state index is 10.8. The lowest BCUT2D eigenvalue weighted by atomic mass is 10.2. The van der Waals surface area contributed by atoms with Gasteiger partial charge in [-0.25, -0.2) is 0 Å². The quantitative estimate of drug-likeness (QED) is 0.624. The van der Waals surface area contributed by atoms with Crippen molar-refractivity contribution in [2.24, 2.45) is 0 Å². The maximum Gasteiger partial charge on any atom is 0.273 e. The second-order valence-corrected chi connectivity index (χ2v) is 5.30. The summed E-state index contributed by atoms with van der Waals surface area (Å²) < 4.78 is 6.75. The normalized spacial score (nSPS) is 10.4. The van der Waals surface area contributed by atoms with Crippen molar-refractivity contribution >= 4 is 21.6 Å². The predicted molar refractivity (Wildman–Crippen MR) is 84.7 cm³/mol. The molecule has 2 rings (SSSR count). The lowest BCUT2D eigenvalue weighted by Crippen LogP contribution is -2.12. The molecule has 0 saturated carbocycles. The molecule has 0 aliphatic carbocycles. The highest BCUT2D eigenvalue weighted by Gasteiger charge is 2.09. The number of benzene rings is 2. The molecule has 0 amide bonds. The minimum Gasteiger partial charge on any atom is -0.457 e. The van der Waals surface area contributed by atoms with Crippen molar-refractivity contribution in [2.75, 3.05) is 6.54 Å². The first-order valence-corrected chi connectivity index (χ1v) is 7.31. The Balaban J connectivity index is 2.26. The van der Waals surface area contributed by atoms with E-state index in [1.807, 2.05) is 25.1 Å². The Bertz CT molecular complexity index is 647. The van der Waals surface area contributed by atoms with Crippen molar-refractivity contribution in [3.8, 4) is 11.5 Å². The molecule has 0 saturated heterocycles. The lowest BCUT2D eigenvalue weighted by Gasteiger charge is -2.12. The van der Waals surface area contributed by atoms with Crippen molar-refractivity contribution in [2.45, 2.75) is 13.5 Å². The number of nitro groups is 1. The van der Waals surface area contributed by atoms with E-state index in [-0.39, 0.29) is 5.69 Å². The Kier molecular flexibility index (Phi) is 5.30. The Morgan fingerprint density at radius 3 is 2.81 bits per heavy atom. The highest BCUT2D eigenvalue weighted by atomic mass is 79.9. The topological polar surface area (TPSA) is 64.4 Å². The van der Waals surface area contributed by atoms with Crippen molar-refractivity contribution in [1.82, 2.24) is 5.32 Å². The maximum atomic E-state index is 10.8. The predicted octanol–water partition coefficient (Wildman–Crippen LogP) is 4.26. The third kappa shape index (κ3) is 4.27. The number of rotatable bonds is 6. The summed E-state index contributed by atoms with van der Waals surface area (Å²) in [6.07, 6.45) is 0. The molecular formula is C15H15BrN2O3. The van der Waals surface area contributed by atoms with E-state index in [0.29, 0.717) is 18.0 Å². The zero-order valence-electron chi connectivity index (χ0n) is 11.5. The van der Waals surface area contributed by atoms with E-state index < -0.39 is 4.92 Å². The Morgan fingerprint density at radius 2 is 2.10 bits per heavy atom. The second-order valence-electron chi connectivity index (χ2n) is 4.39. The third-order valence-electron chi connectivity index (χ3n) is 2.84. The van der Waals surface area contributed by atoms with Gasteiger partial charge in [0.05, 0.1) is 11.0 Å². The van der Waals surface area contributed by atoms with Crippen molar-refractivity contribution in [1.29, 1.82) is 0 Å². The van der Waals surface area contributed by atoms with E-state index in [1.165, 1.54) is 12.1 Å². The van der Waals surface area contributed by atoms with Gasteiger partial charge in [-0.1, -0.05) is 28.9 Å². The Morgan fingerprint density at radius 1 is 1.29 bits per heavy atom. The number of hydrogen-bond donors (Lipinski definition) is 1. The minimum atomic E-state index is -0.437. The van der Waals surface area contributed by atoms with Gasteiger partial charge in [-0.05, 0) is 30.8 Å². The van der Waals surface area contributed by atoms with Gasteiger partial charge in [0.1, 0.15) is 11.5 Å². The van der Waals surface area contributed by atoms with Crippen LogP contribution in [0.25, 0.3) is 0 Å². The molecule has 6 heteroatoms. The zero-order valence-corrected chi connectivity index (χ0v) is 13.1. The minimum absolute atomic E-state index is 0.0119. The molecule has 2 aromatic rings. The molecular weight excluding hydrogens is 336 g/mol. The molecule has 0 aromatic heterocycles. The first-order chi connectivity index (χ1) is 10.1. The van der Waals surface area contributed by atoms with Gasteiger partial charge in [0, 0.05) is 22.6 Å². The van der Waals surface area contributed by atoms with Gasteiger partial charge in [-0.2, -0.15) is 0 Å². The van der Waals surface area contributed by atoms with Crippen LogP contribution in [0.3, 0.4) is 0 Å². The average Bonchev–Trinajstić information content (AvgIpc) is 2.47. The van der Waals surface area contributed by atoms with E-state index >= 15 is 0 Å². The van der Waals surface area contributed by atoms with Crippen LogP contribution < -0.4 is 10.1 Å². The fraction of sp³-hybridized carbons (Fsp3) is 0.200. The average molecular weight is 351 g/mol. The fourth-order valence-corrected chi connectivity index (χ4v) is 2.24. The van der Waals surface area contributed by atoms with E-state index in [1.54, 1.807) is 12.1 Å². The van der Waals surface area contributed by atoms with Crippen LogP contribution >= 0.6 is 15.9 Å². The number of nitrogens with zero attached hydrogens (tertiary/aromatic N) is 1. The van der Waals surface area contributed by atoms with Gasteiger partial charge in [-0.3, -0.25) is 10.1 Å². The summed E-state index contributed by atoms with van der Waals surface area (Å²) in [5, 5.41) is 14.0. The molecule has 0 spiro atoms. The number of nitro benzene ring substituents is 1. The van der Waals surface area contributed by atoms with Crippen LogP contribution in [0.4, 0.5) is 5.69 Å². The highest BCUT2D eigenvalue weighted by Crippen LogP contribution is 2.29. The first-order valence-electron chi connectivity index (χ1n) is 6.51. The molecule has 0 fully saturated rings. The van der Waals surface area contributed by atoms with Crippen molar-refractivity contribution < 1.29 is 9.66 Å². The summed E-state index contributed by atoms with van der Waals surface area (Å²) in [6, 6.07) is 11.8. The lowest BCUT2D eigenvalue weighted by molar-refractivity contribution is -0.384. The van der Waals surface area contributed by atoms with Crippen LogP contribution in [0, 0.1) is 10.1 Å². The van der Waals surface area contributed by atoms with Crippen LogP contribution in [-0.2, 0) is 6.54 Å². The molecule has 0 bridgehead atoms. The van der Waals surface area contributed by atoms with E-state index in [2.05, 4.69) is 21.2 Å². The van der Waals surface area contributed by atoms with E-state index in [4.69, 9.17) is 4.74 Å². The molecule has 0 radical (unpaired) electrons. The summed E-state index contributed by atoms with van der Waals surface area (Å²) in [5.41, 5.74) is 0.996. The summed E-state index contributed by atoms with van der Waals surface area (Å²) in [5.74, 6) is 1.13. The molecule has 21 heavy (non-hydrogen) atoms. The second kappa shape index (κ2) is 7.19. The SMILES string of the molecule is CCNCc1cc(Br)ccc1Oc1cccc([N+](=O)[O-])c1. The Labute approximate surface area is 131 Å². The van der Waals surface area contributed by atoms with Gasteiger partial charge in [0.25, 0.3) is 5.69 Å². The molecule has 0 atom stereocenters. The van der Waals surface area contributed by atoms with Gasteiger partial charge < -0.3 is 10.1 Å². The monoisotopic (exact) mass is 350 g/mol. The standard InChI is InChI=1S/C15H15BrN2O3/c1-2-17-10-11-8-12(16)6-7-15(11)21-14-5-3-4-13(9-14)18(19)20/h3-9,17H,2,10H2,1H3. The van der Waals surface area contributed by atoms with E-state index in [9.17, 15) is 10.1 Å². The van der Waals surface area contributed by atoms with Crippen LogP contribution in [0.2, 0.25) is 0 Å². The molecule has 2 aromatic carbocycles. The molecule has 0 unspecified atom stereocenters. The van der Waals surface area contributed by atoms with Gasteiger partial charge in [-0.15, -0.1) is 0 Å². The molecule has 110 valence electrons. The number of halogens is 1. The number of nitrogens with one attached hydrogen (secondary N) is 1. The molecule has 1 N–H and O–H groups in total. The Hall–Kier alpha value is -1.92. The highest BCUT2D eigenvalue weighted by molar-refractivity contribution is 9.10. The third-order valence-corrected chi connectivity index (χ3v) is 3.34. The summed E-state index contributed by atoms with van der Waals surface area (Å²) >= 11 is 3.43. The van der Waals surface area contributed by atoms with Gasteiger partial charge in [0.2, 0.25) is 0 Å². The summed E-state index contributed by atoms with van der Waals surface area (Å²) in [4.78, 5) is 10.4. The zero-order chi connectivity index (χ0) is 15.2. The van der Waals surface area contributed by atoms with Crippen LogP contribution in [0.15, 0.2) is 46.9 Å². The number of hydrogen-bond acceptors (Lipinski definition) is 4. The van der Waals surface area contributed by atoms with Crippen LogP contribution in [0.5, 0.6) is 11.5 Å². The van der Waals surface area contributed by atoms with Crippen LogP contribution in [-0.4, -0.2) is 11.5 Å². The first kappa shape index (κ1) is 15.5. The van der Waals surface area contributed by atoms with E-state index in [0.717, 1.165) is 16.6 Å². The number of ether oxygens (including phenoxy) is 1. The number of non-ortho nitro benzene ring substituents is 1. The summed E-state index contributed by atoms with van der Waals surface area (Å²) in [6.45, 7) is 3.54. The van der Waals surface area contributed by atoms with Crippen LogP contribution in [0.1, 0.15) is 12.5 Å². The van der Waals surface area contributed by atoms with Gasteiger partial charge in [0.15, 0.2) is 0 Å². The van der Waals surface area contributed by atoms with Crippen molar-refractivity contribution in [3.05, 3.63) is 62.6 Å². The molecule has 5 nitrogen and oxygen atoms in total. The summed E-state index contributed by atoms with van der Waals surface area (Å²) in [7, 11) is 0.